The quantitative estimate of drug-likeness (QED) is 0.648. The molecule has 0 bridgehead atoms. The molecule has 1 aromatic carbocycles. The van der Waals surface area contributed by atoms with Crippen molar-refractivity contribution in [3.63, 3.8) is 0 Å². The summed E-state index contributed by atoms with van der Waals surface area (Å²) in [4.78, 5) is 30.6. The zero-order chi connectivity index (χ0) is 21.7. The molecule has 7 nitrogen and oxygen atoms in total. The molecule has 1 aliphatic rings. The highest BCUT2D eigenvalue weighted by Gasteiger charge is 2.26. The summed E-state index contributed by atoms with van der Waals surface area (Å²) in [7, 11) is 1.65. The SMILES string of the molecule is CCOC(=O)c1c(C)[nH]c(C(=O)NC[C@H](c2ccc(OC)cc2)N2CCCC2)c1C. The lowest BCUT2D eigenvalue weighted by atomic mass is 10.0. The van der Waals surface area contributed by atoms with Gasteiger partial charge in [-0.1, -0.05) is 12.1 Å². The fourth-order valence-electron chi connectivity index (χ4n) is 4.10. The Morgan fingerprint density at radius 3 is 2.43 bits per heavy atom. The summed E-state index contributed by atoms with van der Waals surface area (Å²) < 4.78 is 10.4. The zero-order valence-corrected chi connectivity index (χ0v) is 18.2. The number of aromatic amines is 1. The van der Waals surface area contributed by atoms with Crippen molar-refractivity contribution in [3.8, 4) is 5.75 Å². The Hall–Kier alpha value is -2.80. The molecule has 2 aromatic rings. The largest absolute Gasteiger partial charge is 0.497 e. The van der Waals surface area contributed by atoms with Crippen molar-refractivity contribution in [3.05, 3.63) is 52.3 Å². The summed E-state index contributed by atoms with van der Waals surface area (Å²) in [6, 6.07) is 8.09. The average molecular weight is 414 g/mol. The van der Waals surface area contributed by atoms with E-state index in [1.165, 1.54) is 12.8 Å². The minimum Gasteiger partial charge on any atom is -0.497 e. The fourth-order valence-corrected chi connectivity index (χ4v) is 4.10. The number of nitrogens with one attached hydrogen (secondary N) is 2. The van der Waals surface area contributed by atoms with E-state index in [1.54, 1.807) is 27.9 Å². The van der Waals surface area contributed by atoms with Crippen LogP contribution in [0.4, 0.5) is 0 Å². The van der Waals surface area contributed by atoms with Gasteiger partial charge < -0.3 is 19.8 Å². The molecule has 7 heteroatoms. The van der Waals surface area contributed by atoms with Gasteiger partial charge in [-0.25, -0.2) is 4.79 Å². The second-order valence-corrected chi connectivity index (χ2v) is 7.59. The number of H-pyrrole nitrogens is 1. The number of methoxy groups -OCH3 is 1. The Balaban J connectivity index is 1.76. The van der Waals surface area contributed by atoms with Gasteiger partial charge in [-0.3, -0.25) is 9.69 Å². The molecule has 1 atom stereocenters. The first-order chi connectivity index (χ1) is 14.5. The molecule has 1 aromatic heterocycles. The molecule has 1 amide bonds. The number of likely N-dealkylation sites (tertiary alicyclic amines) is 1. The molecule has 3 rings (SSSR count). The van der Waals surface area contributed by atoms with Crippen molar-refractivity contribution in [1.82, 2.24) is 15.2 Å². The summed E-state index contributed by atoms with van der Waals surface area (Å²) in [5.74, 6) is 0.187. The van der Waals surface area contributed by atoms with Gasteiger partial charge in [0.2, 0.25) is 0 Å². The number of rotatable bonds is 8. The van der Waals surface area contributed by atoms with E-state index in [0.29, 0.717) is 35.7 Å². The number of aromatic nitrogens is 1. The maximum atomic E-state index is 12.9. The number of aryl methyl sites for hydroxylation is 1. The van der Waals surface area contributed by atoms with Crippen molar-refractivity contribution in [2.24, 2.45) is 0 Å². The molecular weight excluding hydrogens is 382 g/mol. The third-order valence-corrected chi connectivity index (χ3v) is 5.68. The first-order valence-corrected chi connectivity index (χ1v) is 10.5. The van der Waals surface area contributed by atoms with Crippen LogP contribution in [0, 0.1) is 13.8 Å². The Labute approximate surface area is 177 Å². The Kier molecular flexibility index (Phi) is 7.15. The van der Waals surface area contributed by atoms with Crippen LogP contribution in [0.3, 0.4) is 0 Å². The van der Waals surface area contributed by atoms with Gasteiger partial charge in [-0.15, -0.1) is 0 Å². The Morgan fingerprint density at radius 1 is 1.17 bits per heavy atom. The van der Waals surface area contributed by atoms with Crippen LogP contribution in [0.5, 0.6) is 5.75 Å². The molecule has 1 aliphatic heterocycles. The number of esters is 1. The van der Waals surface area contributed by atoms with Gasteiger partial charge in [0.1, 0.15) is 11.4 Å². The predicted octanol–water partition coefficient (Wildman–Crippen LogP) is 3.38. The van der Waals surface area contributed by atoms with Crippen molar-refractivity contribution in [1.29, 1.82) is 0 Å². The number of benzene rings is 1. The van der Waals surface area contributed by atoms with Gasteiger partial charge >= 0.3 is 5.97 Å². The van der Waals surface area contributed by atoms with Crippen LogP contribution in [-0.4, -0.2) is 55.1 Å². The topological polar surface area (TPSA) is 83.7 Å². The van der Waals surface area contributed by atoms with Crippen LogP contribution in [0.15, 0.2) is 24.3 Å². The van der Waals surface area contributed by atoms with E-state index in [4.69, 9.17) is 9.47 Å². The normalized spacial score (nSPS) is 15.1. The second kappa shape index (κ2) is 9.80. The molecular formula is C23H31N3O4. The highest BCUT2D eigenvalue weighted by Crippen LogP contribution is 2.26. The summed E-state index contributed by atoms with van der Waals surface area (Å²) in [5, 5.41) is 3.06. The third-order valence-electron chi connectivity index (χ3n) is 5.68. The summed E-state index contributed by atoms with van der Waals surface area (Å²) in [6.45, 7) is 8.12. The summed E-state index contributed by atoms with van der Waals surface area (Å²) >= 11 is 0. The Morgan fingerprint density at radius 2 is 1.83 bits per heavy atom. The van der Waals surface area contributed by atoms with Crippen molar-refractivity contribution >= 4 is 11.9 Å². The van der Waals surface area contributed by atoms with Crippen LogP contribution < -0.4 is 10.1 Å². The lowest BCUT2D eigenvalue weighted by Crippen LogP contribution is -2.37. The van der Waals surface area contributed by atoms with Crippen LogP contribution in [0.25, 0.3) is 0 Å². The van der Waals surface area contributed by atoms with E-state index < -0.39 is 5.97 Å². The number of nitrogens with zero attached hydrogens (tertiary/aromatic N) is 1. The molecule has 2 N–H and O–H groups in total. The second-order valence-electron chi connectivity index (χ2n) is 7.59. The smallest absolute Gasteiger partial charge is 0.340 e. The molecule has 1 saturated heterocycles. The maximum Gasteiger partial charge on any atom is 0.340 e. The van der Waals surface area contributed by atoms with E-state index >= 15 is 0 Å². The van der Waals surface area contributed by atoms with E-state index in [1.807, 2.05) is 12.1 Å². The number of amides is 1. The number of ether oxygens (including phenoxy) is 2. The molecule has 0 unspecified atom stereocenters. The lowest BCUT2D eigenvalue weighted by Gasteiger charge is -2.28. The monoisotopic (exact) mass is 413 g/mol. The average Bonchev–Trinajstić information content (AvgIpc) is 3.37. The molecule has 0 saturated carbocycles. The lowest BCUT2D eigenvalue weighted by molar-refractivity contribution is 0.0525. The van der Waals surface area contributed by atoms with E-state index in [0.717, 1.165) is 24.4 Å². The first-order valence-electron chi connectivity index (χ1n) is 10.5. The number of carbonyl (C=O) groups excluding carboxylic acids is 2. The molecule has 1 fully saturated rings. The molecule has 2 heterocycles. The Bertz CT molecular complexity index is 883. The maximum absolute atomic E-state index is 12.9. The van der Waals surface area contributed by atoms with E-state index in [2.05, 4.69) is 27.3 Å². The molecule has 0 radical (unpaired) electrons. The van der Waals surface area contributed by atoms with Gasteiger partial charge in [0.15, 0.2) is 0 Å². The summed E-state index contributed by atoms with van der Waals surface area (Å²) in [6.07, 6.45) is 2.33. The van der Waals surface area contributed by atoms with E-state index in [-0.39, 0.29) is 11.9 Å². The van der Waals surface area contributed by atoms with Gasteiger partial charge in [0.25, 0.3) is 5.91 Å². The van der Waals surface area contributed by atoms with Crippen LogP contribution in [0.1, 0.15) is 63.5 Å². The number of hydrogen-bond acceptors (Lipinski definition) is 5. The molecule has 0 aliphatic carbocycles. The number of hydrogen-bond donors (Lipinski definition) is 2. The fraction of sp³-hybridized carbons (Fsp3) is 0.478. The van der Waals surface area contributed by atoms with Crippen molar-refractivity contribution in [2.45, 2.75) is 39.7 Å². The zero-order valence-electron chi connectivity index (χ0n) is 18.2. The van der Waals surface area contributed by atoms with Gasteiger partial charge in [-0.2, -0.15) is 0 Å². The first kappa shape index (κ1) is 21.9. The van der Waals surface area contributed by atoms with Crippen LogP contribution in [0.2, 0.25) is 0 Å². The van der Waals surface area contributed by atoms with Crippen molar-refractivity contribution < 1.29 is 19.1 Å². The highest BCUT2D eigenvalue weighted by molar-refractivity contribution is 6.00. The van der Waals surface area contributed by atoms with Gasteiger partial charge in [0.05, 0.1) is 25.3 Å². The van der Waals surface area contributed by atoms with Gasteiger partial charge in [0, 0.05) is 12.2 Å². The number of carbonyl (C=O) groups is 2. The third kappa shape index (κ3) is 4.67. The molecule has 30 heavy (non-hydrogen) atoms. The van der Waals surface area contributed by atoms with Crippen LogP contribution >= 0.6 is 0 Å². The minimum atomic E-state index is -0.407. The molecule has 0 spiro atoms. The van der Waals surface area contributed by atoms with E-state index in [9.17, 15) is 9.59 Å². The highest BCUT2D eigenvalue weighted by atomic mass is 16.5. The van der Waals surface area contributed by atoms with Crippen molar-refractivity contribution in [2.75, 3.05) is 33.4 Å². The van der Waals surface area contributed by atoms with Gasteiger partial charge in [-0.05, 0) is 70.0 Å². The summed E-state index contributed by atoms with van der Waals surface area (Å²) in [5.41, 5.74) is 3.25. The minimum absolute atomic E-state index is 0.0863. The standard InChI is InChI=1S/C23H31N3O4/c1-5-30-23(28)20-15(2)21(25-16(20)3)22(27)24-14-19(26-12-6-7-13-26)17-8-10-18(29-4)11-9-17/h8-11,19,25H,5-7,12-14H2,1-4H3,(H,24,27)/t19-/m1/s1. The molecule has 162 valence electrons. The predicted molar refractivity (Wildman–Crippen MR) is 115 cm³/mol. The van der Waals surface area contributed by atoms with Crippen LogP contribution in [-0.2, 0) is 4.74 Å².